The molecule has 1 aliphatic carbocycles. The molecule has 0 saturated carbocycles. The Balaban J connectivity index is 1.88. The van der Waals surface area contributed by atoms with Gasteiger partial charge in [-0.15, -0.1) is 0 Å². The number of rotatable bonds is 5. The molecular formula is C16H22F3N5O2. The fraction of sp³-hybridized carbons (Fsp3) is 0.688. The SMILES string of the molecule is C[C@@H](Nc1nc(N[C@H]2CCOC2)nc(C2=CC(O)CCC2)n1)C(F)(F)F. The van der Waals surface area contributed by atoms with Crippen molar-refractivity contribution in [2.75, 3.05) is 23.8 Å². The predicted octanol–water partition coefficient (Wildman–Crippen LogP) is 2.36. The van der Waals surface area contributed by atoms with Gasteiger partial charge in [0.25, 0.3) is 0 Å². The van der Waals surface area contributed by atoms with E-state index in [-0.39, 0.29) is 23.8 Å². The van der Waals surface area contributed by atoms with E-state index in [9.17, 15) is 18.3 Å². The van der Waals surface area contributed by atoms with Gasteiger partial charge >= 0.3 is 6.18 Å². The van der Waals surface area contributed by atoms with Gasteiger partial charge in [-0.25, -0.2) is 0 Å². The second kappa shape index (κ2) is 7.75. The number of anilines is 2. The fourth-order valence-electron chi connectivity index (χ4n) is 2.84. The Morgan fingerprint density at radius 2 is 2.00 bits per heavy atom. The number of aromatic nitrogens is 3. The van der Waals surface area contributed by atoms with Crippen LogP contribution in [-0.4, -0.2) is 57.6 Å². The predicted molar refractivity (Wildman–Crippen MR) is 89.6 cm³/mol. The van der Waals surface area contributed by atoms with Gasteiger partial charge in [0.1, 0.15) is 6.04 Å². The summed E-state index contributed by atoms with van der Waals surface area (Å²) in [5.41, 5.74) is 0.708. The van der Waals surface area contributed by atoms with E-state index in [1.807, 2.05) is 0 Å². The average Bonchev–Trinajstić information content (AvgIpc) is 3.06. The van der Waals surface area contributed by atoms with E-state index in [4.69, 9.17) is 4.74 Å². The quantitative estimate of drug-likeness (QED) is 0.730. The van der Waals surface area contributed by atoms with Crippen molar-refractivity contribution in [3.63, 3.8) is 0 Å². The fourth-order valence-corrected chi connectivity index (χ4v) is 2.84. The second-order valence-corrected chi connectivity index (χ2v) is 6.57. The van der Waals surface area contributed by atoms with Crippen molar-refractivity contribution >= 4 is 17.5 Å². The minimum absolute atomic E-state index is 0.00376. The van der Waals surface area contributed by atoms with Gasteiger partial charge in [0.15, 0.2) is 5.82 Å². The molecule has 3 atom stereocenters. The highest BCUT2D eigenvalue weighted by molar-refractivity contribution is 5.63. The molecule has 1 aliphatic heterocycles. The highest BCUT2D eigenvalue weighted by Crippen LogP contribution is 2.27. The highest BCUT2D eigenvalue weighted by atomic mass is 19.4. The standard InChI is InChI=1S/C16H22F3N5O2/c1-9(16(17,18)19)20-14-22-13(10-3-2-4-12(25)7-10)23-15(24-14)21-11-5-6-26-8-11/h7,9,11-12,25H,2-6,8H2,1H3,(H2,20,21,22,23,24)/t9-,11+,12?/m1/s1. The molecule has 7 nitrogen and oxygen atoms in total. The lowest BCUT2D eigenvalue weighted by molar-refractivity contribution is -0.138. The van der Waals surface area contributed by atoms with E-state index >= 15 is 0 Å². The molecule has 0 aromatic carbocycles. The molecule has 0 amide bonds. The van der Waals surface area contributed by atoms with Gasteiger partial charge < -0.3 is 20.5 Å². The summed E-state index contributed by atoms with van der Waals surface area (Å²) in [6, 6.07) is -1.80. The molecule has 0 spiro atoms. The Bertz CT molecular complexity index is 662. The van der Waals surface area contributed by atoms with E-state index < -0.39 is 18.3 Å². The molecule has 1 aromatic heterocycles. The normalized spacial score (nSPS) is 24.9. The highest BCUT2D eigenvalue weighted by Gasteiger charge is 2.36. The first-order valence-corrected chi connectivity index (χ1v) is 8.64. The van der Waals surface area contributed by atoms with Gasteiger partial charge in [0, 0.05) is 6.61 Å². The van der Waals surface area contributed by atoms with E-state index in [0.29, 0.717) is 31.6 Å². The summed E-state index contributed by atoms with van der Waals surface area (Å²) in [5.74, 6) is 0.322. The number of ether oxygens (including phenoxy) is 1. The third kappa shape index (κ3) is 4.82. The van der Waals surface area contributed by atoms with Crippen molar-refractivity contribution in [3.05, 3.63) is 11.9 Å². The third-order valence-electron chi connectivity index (χ3n) is 4.36. The number of halogens is 3. The van der Waals surface area contributed by atoms with Gasteiger partial charge in [-0.2, -0.15) is 28.1 Å². The molecule has 1 saturated heterocycles. The zero-order chi connectivity index (χ0) is 18.7. The number of hydrogen-bond acceptors (Lipinski definition) is 7. The molecule has 3 rings (SSSR count). The summed E-state index contributed by atoms with van der Waals surface area (Å²) in [6.07, 6.45) is -0.529. The molecule has 3 N–H and O–H groups in total. The zero-order valence-corrected chi connectivity index (χ0v) is 14.4. The van der Waals surface area contributed by atoms with Crippen molar-refractivity contribution in [3.8, 4) is 0 Å². The number of nitrogens with one attached hydrogen (secondary N) is 2. The summed E-state index contributed by atoms with van der Waals surface area (Å²) < 4.78 is 43.9. The second-order valence-electron chi connectivity index (χ2n) is 6.57. The van der Waals surface area contributed by atoms with E-state index in [0.717, 1.165) is 19.8 Å². The van der Waals surface area contributed by atoms with Crippen LogP contribution in [0.4, 0.5) is 25.1 Å². The summed E-state index contributed by atoms with van der Waals surface area (Å²) in [6.45, 7) is 2.11. The first-order valence-electron chi connectivity index (χ1n) is 8.64. The maximum absolute atomic E-state index is 12.9. The first-order chi connectivity index (χ1) is 12.3. The van der Waals surface area contributed by atoms with Crippen molar-refractivity contribution in [2.45, 2.75) is 57.0 Å². The molecule has 1 fully saturated rings. The Kier molecular flexibility index (Phi) is 5.61. The maximum Gasteiger partial charge on any atom is 0.408 e. The van der Waals surface area contributed by atoms with E-state index in [2.05, 4.69) is 25.6 Å². The molecule has 1 aromatic rings. The van der Waals surface area contributed by atoms with Crippen LogP contribution in [0.15, 0.2) is 6.08 Å². The maximum atomic E-state index is 12.9. The van der Waals surface area contributed by atoms with Crippen LogP contribution < -0.4 is 10.6 Å². The first kappa shape index (κ1) is 18.8. The van der Waals surface area contributed by atoms with Crippen LogP contribution in [0, 0.1) is 0 Å². The molecule has 0 radical (unpaired) electrons. The molecule has 26 heavy (non-hydrogen) atoms. The molecule has 0 bridgehead atoms. The van der Waals surface area contributed by atoms with E-state index in [1.54, 1.807) is 6.08 Å². The molecule has 1 unspecified atom stereocenters. The minimum Gasteiger partial charge on any atom is -0.389 e. The van der Waals surface area contributed by atoms with Crippen LogP contribution in [0.2, 0.25) is 0 Å². The van der Waals surface area contributed by atoms with Crippen molar-refractivity contribution in [2.24, 2.45) is 0 Å². The lowest BCUT2D eigenvalue weighted by atomic mass is 9.97. The largest absolute Gasteiger partial charge is 0.408 e. The summed E-state index contributed by atoms with van der Waals surface area (Å²) >= 11 is 0. The molecular weight excluding hydrogens is 351 g/mol. The monoisotopic (exact) mass is 373 g/mol. The van der Waals surface area contributed by atoms with Gasteiger partial charge in [-0.05, 0) is 44.3 Å². The van der Waals surface area contributed by atoms with Crippen LogP contribution in [0.1, 0.15) is 38.4 Å². The molecule has 10 heteroatoms. The summed E-state index contributed by atoms with van der Waals surface area (Å²) in [4.78, 5) is 12.5. The van der Waals surface area contributed by atoms with Gasteiger partial charge in [0.05, 0.1) is 18.8 Å². The number of nitrogens with zero attached hydrogens (tertiary/aromatic N) is 3. The van der Waals surface area contributed by atoms with Crippen LogP contribution in [0.3, 0.4) is 0 Å². The van der Waals surface area contributed by atoms with Crippen molar-refractivity contribution < 1.29 is 23.0 Å². The molecule has 144 valence electrons. The van der Waals surface area contributed by atoms with Crippen LogP contribution in [-0.2, 0) is 4.74 Å². The van der Waals surface area contributed by atoms with Crippen LogP contribution in [0.5, 0.6) is 0 Å². The summed E-state index contributed by atoms with van der Waals surface area (Å²) in [5, 5.41) is 15.2. The smallest absolute Gasteiger partial charge is 0.389 e. The Hall–Kier alpha value is -1.94. The average molecular weight is 373 g/mol. The van der Waals surface area contributed by atoms with Crippen LogP contribution >= 0.6 is 0 Å². The lowest BCUT2D eigenvalue weighted by Crippen LogP contribution is -2.34. The van der Waals surface area contributed by atoms with E-state index in [1.165, 1.54) is 0 Å². The number of aliphatic hydroxyl groups is 1. The van der Waals surface area contributed by atoms with Crippen molar-refractivity contribution in [1.82, 2.24) is 15.0 Å². The molecule has 2 aliphatic rings. The topological polar surface area (TPSA) is 92.2 Å². The number of allylic oxidation sites excluding steroid dienone is 1. The Labute approximate surface area is 149 Å². The van der Waals surface area contributed by atoms with Crippen LogP contribution in [0.25, 0.3) is 5.57 Å². The number of aliphatic hydroxyl groups excluding tert-OH is 1. The zero-order valence-electron chi connectivity index (χ0n) is 14.4. The lowest BCUT2D eigenvalue weighted by Gasteiger charge is -2.20. The Morgan fingerprint density at radius 3 is 2.65 bits per heavy atom. The minimum atomic E-state index is -4.42. The number of hydrogen-bond donors (Lipinski definition) is 3. The van der Waals surface area contributed by atoms with Crippen molar-refractivity contribution in [1.29, 1.82) is 0 Å². The third-order valence-corrected chi connectivity index (χ3v) is 4.36. The summed E-state index contributed by atoms with van der Waals surface area (Å²) in [7, 11) is 0. The van der Waals surface area contributed by atoms with Gasteiger partial charge in [-0.3, -0.25) is 0 Å². The Morgan fingerprint density at radius 1 is 1.23 bits per heavy atom. The van der Waals surface area contributed by atoms with Gasteiger partial charge in [0.2, 0.25) is 11.9 Å². The molecule has 2 heterocycles. The number of alkyl halides is 3. The van der Waals surface area contributed by atoms with Gasteiger partial charge in [-0.1, -0.05) is 0 Å².